The Morgan fingerprint density at radius 3 is 2.37 bits per heavy atom. The Morgan fingerprint density at radius 1 is 1.07 bits per heavy atom. The number of imide groups is 1. The first kappa shape index (κ1) is 20.1. The quantitative estimate of drug-likeness (QED) is 0.726. The highest BCUT2D eigenvalue weighted by molar-refractivity contribution is 5.98. The lowest BCUT2D eigenvalue weighted by atomic mass is 10.0. The minimum Gasteiger partial charge on any atom is -0.351 e. The Kier molecular flexibility index (Phi) is 6.67. The molecule has 0 saturated heterocycles. The summed E-state index contributed by atoms with van der Waals surface area (Å²) in [4.78, 5) is 37.6. The molecule has 2 aromatic carbocycles. The molecule has 0 radical (unpaired) electrons. The molecule has 0 heterocycles. The number of nitrogens with zero attached hydrogens (tertiary/aromatic N) is 1. The van der Waals surface area contributed by atoms with E-state index >= 15 is 0 Å². The van der Waals surface area contributed by atoms with Crippen LogP contribution in [0.2, 0.25) is 0 Å². The molecule has 0 aliphatic rings. The number of hydrogen-bond acceptors (Lipinski definition) is 4. The maximum absolute atomic E-state index is 12.5. The second kappa shape index (κ2) is 8.95. The summed E-state index contributed by atoms with van der Waals surface area (Å²) >= 11 is 0. The standard InChI is InChI=1S/C20H24N4O3/c1-13-9-10-14(2)16(11-13)22-17(25)12-24(3)18(19(26)23-20(21)27)15-7-5-4-6-8-15/h4-11,18H,12H2,1-3H3,(H,22,25)(H3,21,23,26,27)/t18-/m0/s1. The molecule has 0 bridgehead atoms. The van der Waals surface area contributed by atoms with Crippen molar-refractivity contribution in [2.45, 2.75) is 19.9 Å². The number of urea groups is 1. The molecule has 2 rings (SSSR count). The molecule has 142 valence electrons. The lowest BCUT2D eigenvalue weighted by molar-refractivity contribution is -0.126. The van der Waals surface area contributed by atoms with Crippen molar-refractivity contribution in [3.63, 3.8) is 0 Å². The van der Waals surface area contributed by atoms with Crippen molar-refractivity contribution < 1.29 is 14.4 Å². The highest BCUT2D eigenvalue weighted by Crippen LogP contribution is 2.20. The summed E-state index contributed by atoms with van der Waals surface area (Å²) in [7, 11) is 1.64. The van der Waals surface area contributed by atoms with Crippen LogP contribution in [0.15, 0.2) is 48.5 Å². The summed E-state index contributed by atoms with van der Waals surface area (Å²) in [5.74, 6) is -0.852. The van der Waals surface area contributed by atoms with E-state index < -0.39 is 18.0 Å². The summed E-state index contributed by atoms with van der Waals surface area (Å²) in [5, 5.41) is 4.95. The fraction of sp³-hybridized carbons (Fsp3) is 0.250. The summed E-state index contributed by atoms with van der Waals surface area (Å²) in [6.07, 6.45) is 0. The first-order chi connectivity index (χ1) is 12.8. The number of nitrogens with two attached hydrogens (primary N) is 1. The largest absolute Gasteiger partial charge is 0.351 e. The van der Waals surface area contributed by atoms with E-state index in [4.69, 9.17) is 5.73 Å². The maximum Gasteiger partial charge on any atom is 0.318 e. The van der Waals surface area contributed by atoms with E-state index in [0.717, 1.165) is 16.8 Å². The molecular weight excluding hydrogens is 344 g/mol. The molecule has 0 unspecified atom stereocenters. The Balaban J connectivity index is 2.16. The fourth-order valence-corrected chi connectivity index (χ4v) is 2.81. The van der Waals surface area contributed by atoms with Gasteiger partial charge in [0.1, 0.15) is 6.04 Å². The number of rotatable bonds is 6. The first-order valence-electron chi connectivity index (χ1n) is 8.50. The lowest BCUT2D eigenvalue weighted by Gasteiger charge is -2.26. The third kappa shape index (κ3) is 5.65. The van der Waals surface area contributed by atoms with Crippen LogP contribution in [0.4, 0.5) is 10.5 Å². The topological polar surface area (TPSA) is 105 Å². The van der Waals surface area contributed by atoms with E-state index in [1.165, 1.54) is 0 Å². The second-order valence-electron chi connectivity index (χ2n) is 6.45. The Morgan fingerprint density at radius 2 is 1.74 bits per heavy atom. The van der Waals surface area contributed by atoms with Crippen LogP contribution in [-0.4, -0.2) is 36.3 Å². The van der Waals surface area contributed by atoms with Gasteiger partial charge in [0.05, 0.1) is 6.54 Å². The van der Waals surface area contributed by atoms with Gasteiger partial charge in [0, 0.05) is 5.69 Å². The van der Waals surface area contributed by atoms with Crippen LogP contribution in [0.1, 0.15) is 22.7 Å². The van der Waals surface area contributed by atoms with Gasteiger partial charge in [-0.25, -0.2) is 4.79 Å². The zero-order valence-corrected chi connectivity index (χ0v) is 15.7. The van der Waals surface area contributed by atoms with Crippen LogP contribution in [-0.2, 0) is 9.59 Å². The molecule has 0 spiro atoms. The molecule has 27 heavy (non-hydrogen) atoms. The number of amides is 4. The van der Waals surface area contributed by atoms with Gasteiger partial charge in [-0.1, -0.05) is 42.5 Å². The average molecular weight is 368 g/mol. The van der Waals surface area contributed by atoms with Gasteiger partial charge in [0.2, 0.25) is 11.8 Å². The van der Waals surface area contributed by atoms with Crippen molar-refractivity contribution >= 4 is 23.5 Å². The normalized spacial score (nSPS) is 11.7. The number of primary amides is 1. The smallest absolute Gasteiger partial charge is 0.318 e. The molecule has 0 fully saturated rings. The van der Waals surface area contributed by atoms with Crippen LogP contribution in [0.5, 0.6) is 0 Å². The SMILES string of the molecule is Cc1ccc(C)c(NC(=O)CN(C)[C@H](C(=O)NC(N)=O)c2ccccc2)c1. The highest BCUT2D eigenvalue weighted by Gasteiger charge is 2.27. The highest BCUT2D eigenvalue weighted by atomic mass is 16.2. The predicted octanol–water partition coefficient (Wildman–Crippen LogP) is 2.11. The number of carbonyl (C=O) groups excluding carboxylic acids is 3. The van der Waals surface area contributed by atoms with Crippen molar-refractivity contribution in [2.24, 2.45) is 5.73 Å². The van der Waals surface area contributed by atoms with E-state index in [1.807, 2.05) is 38.1 Å². The van der Waals surface area contributed by atoms with E-state index in [2.05, 4.69) is 10.6 Å². The van der Waals surface area contributed by atoms with Gasteiger partial charge < -0.3 is 11.1 Å². The molecular formula is C20H24N4O3. The zero-order chi connectivity index (χ0) is 20.0. The van der Waals surface area contributed by atoms with Crippen molar-refractivity contribution in [1.29, 1.82) is 0 Å². The average Bonchev–Trinajstić information content (AvgIpc) is 2.58. The molecule has 0 aliphatic heterocycles. The fourth-order valence-electron chi connectivity index (χ4n) is 2.81. The van der Waals surface area contributed by atoms with E-state index in [1.54, 1.807) is 36.2 Å². The van der Waals surface area contributed by atoms with Crippen LogP contribution in [0, 0.1) is 13.8 Å². The van der Waals surface area contributed by atoms with Gasteiger partial charge in [0.25, 0.3) is 0 Å². The molecule has 2 aromatic rings. The Labute approximate surface area is 158 Å². The number of carbonyl (C=O) groups is 3. The van der Waals surface area contributed by atoms with Gasteiger partial charge in [-0.3, -0.25) is 19.8 Å². The molecule has 4 amide bonds. The summed E-state index contributed by atoms with van der Waals surface area (Å²) in [6, 6.07) is 12.9. The molecule has 1 atom stereocenters. The van der Waals surface area contributed by atoms with Gasteiger partial charge >= 0.3 is 6.03 Å². The monoisotopic (exact) mass is 368 g/mol. The second-order valence-corrected chi connectivity index (χ2v) is 6.45. The Hall–Kier alpha value is -3.19. The number of anilines is 1. The number of hydrogen-bond donors (Lipinski definition) is 3. The molecule has 7 nitrogen and oxygen atoms in total. The summed E-state index contributed by atoms with van der Waals surface area (Å²) in [6.45, 7) is 3.81. The number of likely N-dealkylation sites (N-methyl/N-ethyl adjacent to an activating group) is 1. The third-order valence-corrected chi connectivity index (χ3v) is 4.11. The van der Waals surface area contributed by atoms with Crippen molar-refractivity contribution in [1.82, 2.24) is 10.2 Å². The lowest BCUT2D eigenvalue weighted by Crippen LogP contribution is -2.45. The number of nitrogens with one attached hydrogen (secondary N) is 2. The molecule has 0 aliphatic carbocycles. The molecule has 0 saturated carbocycles. The minimum atomic E-state index is -0.936. The van der Waals surface area contributed by atoms with Gasteiger partial charge in [-0.2, -0.15) is 0 Å². The first-order valence-corrected chi connectivity index (χ1v) is 8.50. The summed E-state index contributed by atoms with van der Waals surface area (Å²) < 4.78 is 0. The van der Waals surface area contributed by atoms with Crippen LogP contribution < -0.4 is 16.4 Å². The van der Waals surface area contributed by atoms with Crippen LogP contribution in [0.25, 0.3) is 0 Å². The van der Waals surface area contributed by atoms with E-state index in [9.17, 15) is 14.4 Å². The van der Waals surface area contributed by atoms with E-state index in [0.29, 0.717) is 5.56 Å². The zero-order valence-electron chi connectivity index (χ0n) is 15.7. The van der Waals surface area contributed by atoms with E-state index in [-0.39, 0.29) is 12.5 Å². The molecule has 0 aromatic heterocycles. The van der Waals surface area contributed by atoms with Gasteiger partial charge in [0.15, 0.2) is 0 Å². The molecule has 7 heteroatoms. The van der Waals surface area contributed by atoms with Gasteiger partial charge in [-0.05, 0) is 43.7 Å². The maximum atomic E-state index is 12.5. The van der Waals surface area contributed by atoms with Crippen LogP contribution in [0.3, 0.4) is 0 Å². The number of benzene rings is 2. The number of aryl methyl sites for hydroxylation is 2. The van der Waals surface area contributed by atoms with Gasteiger partial charge in [-0.15, -0.1) is 0 Å². The Bertz CT molecular complexity index is 836. The summed E-state index contributed by atoms with van der Waals surface area (Å²) in [5.41, 5.74) is 8.44. The predicted molar refractivity (Wildman–Crippen MR) is 104 cm³/mol. The third-order valence-electron chi connectivity index (χ3n) is 4.11. The van der Waals surface area contributed by atoms with Crippen molar-refractivity contribution in [3.8, 4) is 0 Å². The van der Waals surface area contributed by atoms with Crippen molar-refractivity contribution in [2.75, 3.05) is 18.9 Å². The molecule has 4 N–H and O–H groups in total. The van der Waals surface area contributed by atoms with Crippen molar-refractivity contribution in [3.05, 3.63) is 65.2 Å². The van der Waals surface area contributed by atoms with Crippen LogP contribution >= 0.6 is 0 Å². The minimum absolute atomic E-state index is 0.0425.